The minimum absolute atomic E-state index is 0.0133. The molecule has 4 aromatic heterocycles. The molecule has 9 aromatic rings. The highest BCUT2D eigenvalue weighted by Gasteiger charge is 2.22. The van der Waals surface area contributed by atoms with Gasteiger partial charge in [0.15, 0.2) is 0 Å². The van der Waals surface area contributed by atoms with Crippen LogP contribution in [0.2, 0.25) is 0 Å². The molecule has 0 N–H and O–H groups in total. The second-order valence-electron chi connectivity index (χ2n) is 18.8. The van der Waals surface area contributed by atoms with Gasteiger partial charge in [-0.3, -0.25) is 18.7 Å². The van der Waals surface area contributed by atoms with Crippen LogP contribution in [-0.2, 0) is 16.2 Å². The fourth-order valence-corrected chi connectivity index (χ4v) is 7.92. The smallest absolute Gasteiger partial charge is 0.269 e. The Morgan fingerprint density at radius 2 is 1.29 bits per heavy atom. The van der Waals surface area contributed by atoms with Crippen molar-refractivity contribution in [2.75, 3.05) is 0 Å². The number of hydrogen-bond donors (Lipinski definition) is 0. The summed E-state index contributed by atoms with van der Waals surface area (Å²) in [5.41, 5.74) is 12.2. The molecule has 0 amide bonds. The number of aromatic nitrogens is 5. The van der Waals surface area contributed by atoms with Gasteiger partial charge in [-0.05, 0) is 105 Å². The molecule has 0 saturated carbocycles. The monoisotopic (exact) mass is 773 g/mol. The second kappa shape index (κ2) is 14.1. The highest BCUT2D eigenvalue weighted by molar-refractivity contribution is 6.10. The zero-order chi connectivity index (χ0) is 41.3. The molecule has 0 aliphatic heterocycles. The molecule has 5 aromatic carbocycles. The van der Waals surface area contributed by atoms with Crippen LogP contribution in [0.3, 0.4) is 0 Å². The van der Waals surface area contributed by atoms with E-state index in [0.29, 0.717) is 11.5 Å². The molecule has 0 unspecified atom stereocenters. The molecule has 0 radical (unpaired) electrons. The number of benzene rings is 5. The Morgan fingerprint density at radius 3 is 2.05 bits per heavy atom. The lowest BCUT2D eigenvalue weighted by molar-refractivity contribution is -0.572. The minimum atomic E-state index is -0.0320. The van der Waals surface area contributed by atoms with Gasteiger partial charge in [-0.15, -0.1) is 0 Å². The second-order valence-corrected chi connectivity index (χ2v) is 18.8. The molecule has 0 aliphatic rings. The number of ether oxygens (including phenoxy) is 1. The van der Waals surface area contributed by atoms with Gasteiger partial charge in [0.2, 0.25) is 0 Å². The Morgan fingerprint density at radius 1 is 0.542 bits per heavy atom. The number of pyridine rings is 2. The average molecular weight is 774 g/mol. The van der Waals surface area contributed by atoms with Gasteiger partial charge in [0.1, 0.15) is 17.3 Å². The molecule has 0 aliphatic carbocycles. The summed E-state index contributed by atoms with van der Waals surface area (Å²) in [6.07, 6.45) is 9.26. The lowest BCUT2D eigenvalue weighted by Gasteiger charge is -2.20. The van der Waals surface area contributed by atoms with Gasteiger partial charge >= 0.3 is 0 Å². The maximum atomic E-state index is 6.71. The number of hydrogen-bond acceptors (Lipinski definition) is 3. The first-order valence-electron chi connectivity index (χ1n) is 20.5. The molecular weight excluding hydrogens is 723 g/mol. The molecule has 0 spiro atoms. The summed E-state index contributed by atoms with van der Waals surface area (Å²) in [4.78, 5) is 9.63. The highest BCUT2D eigenvalue weighted by atomic mass is 16.5. The fraction of sp³-hybridized carbons (Fsp3) is 0.226. The van der Waals surface area contributed by atoms with Gasteiger partial charge in [0.25, 0.3) is 6.33 Å². The summed E-state index contributed by atoms with van der Waals surface area (Å²) in [7, 11) is 0. The highest BCUT2D eigenvalue weighted by Crippen LogP contribution is 2.38. The molecule has 0 fully saturated rings. The molecule has 0 atom stereocenters. The predicted octanol–water partition coefficient (Wildman–Crippen LogP) is 12.9. The van der Waals surface area contributed by atoms with Crippen LogP contribution in [0.15, 0.2) is 146 Å². The van der Waals surface area contributed by atoms with E-state index in [1.54, 1.807) is 6.20 Å². The zero-order valence-corrected chi connectivity index (χ0v) is 35.5. The minimum Gasteiger partial charge on any atom is -0.456 e. The van der Waals surface area contributed by atoms with Crippen LogP contribution in [0.4, 0.5) is 0 Å². The average Bonchev–Trinajstić information content (AvgIpc) is 3.76. The zero-order valence-electron chi connectivity index (χ0n) is 35.5. The van der Waals surface area contributed by atoms with E-state index in [4.69, 9.17) is 14.7 Å². The molecule has 0 saturated heterocycles. The molecule has 6 nitrogen and oxygen atoms in total. The predicted molar refractivity (Wildman–Crippen MR) is 242 cm³/mol. The standard InChI is InChI=1S/C53H51N5O/c1-51(2,3)37-16-13-17-40(27-37)56-34-57(49-28-38(52(4,5)6)19-23-47(49)56)41-30-43(33-54-32-41)59-42-20-21-44-45-26-36(35-14-11-10-12-15-35)18-22-46(45)58(48(44)31-42)50-29-39(24-25-55-50)53(7,8)9/h10-33H,1-9H3. The van der Waals surface area contributed by atoms with Crippen LogP contribution in [0, 0.1) is 6.33 Å². The van der Waals surface area contributed by atoms with Crippen molar-refractivity contribution in [1.29, 1.82) is 0 Å². The fourth-order valence-electron chi connectivity index (χ4n) is 7.92. The van der Waals surface area contributed by atoms with Crippen LogP contribution in [0.5, 0.6) is 11.5 Å². The lowest BCUT2D eigenvalue weighted by Crippen LogP contribution is -2.30. The van der Waals surface area contributed by atoms with Crippen LogP contribution >= 0.6 is 0 Å². The van der Waals surface area contributed by atoms with E-state index >= 15 is 0 Å². The lowest BCUT2D eigenvalue weighted by atomic mass is 9.86. The Balaban J connectivity index is 1.16. The maximum absolute atomic E-state index is 6.71. The summed E-state index contributed by atoms with van der Waals surface area (Å²) in [6.45, 7) is 20.2. The number of imidazole rings is 1. The Labute approximate surface area is 347 Å². The Hall–Kier alpha value is -6.53. The summed E-state index contributed by atoms with van der Waals surface area (Å²) < 4.78 is 13.2. The molecule has 59 heavy (non-hydrogen) atoms. The summed E-state index contributed by atoms with van der Waals surface area (Å²) in [5, 5.41) is 2.29. The first-order chi connectivity index (χ1) is 28.1. The van der Waals surface area contributed by atoms with Crippen LogP contribution < -0.4 is 9.30 Å². The first kappa shape index (κ1) is 38.0. The van der Waals surface area contributed by atoms with Gasteiger partial charge in [-0.2, -0.15) is 0 Å². The van der Waals surface area contributed by atoms with Gasteiger partial charge < -0.3 is 4.74 Å². The third-order valence-corrected chi connectivity index (χ3v) is 11.4. The number of nitrogens with zero attached hydrogens (tertiary/aromatic N) is 5. The van der Waals surface area contributed by atoms with Crippen molar-refractivity contribution in [1.82, 2.24) is 19.1 Å². The van der Waals surface area contributed by atoms with Crippen LogP contribution in [-0.4, -0.2) is 19.1 Å². The molecule has 4 heterocycles. The van der Waals surface area contributed by atoms with Gasteiger partial charge in [0.05, 0.1) is 39.6 Å². The van der Waals surface area contributed by atoms with E-state index in [1.807, 2.05) is 18.5 Å². The molecule has 294 valence electrons. The first-order valence-corrected chi connectivity index (χ1v) is 20.5. The topological polar surface area (TPSA) is 48.8 Å². The largest absolute Gasteiger partial charge is 0.456 e. The third-order valence-electron chi connectivity index (χ3n) is 11.4. The Kier molecular flexibility index (Phi) is 9.08. The molecule has 9 rings (SSSR count). The van der Waals surface area contributed by atoms with Gasteiger partial charge in [-0.1, -0.05) is 123 Å². The van der Waals surface area contributed by atoms with Crippen LogP contribution in [0.25, 0.3) is 61.2 Å². The van der Waals surface area contributed by atoms with Crippen molar-refractivity contribution < 1.29 is 9.30 Å². The summed E-state index contributed by atoms with van der Waals surface area (Å²) >= 11 is 0. The quantitative estimate of drug-likeness (QED) is 0.125. The molecular formula is C53H51N5O. The third kappa shape index (κ3) is 7.18. The normalized spacial score (nSPS) is 12.5. The summed E-state index contributed by atoms with van der Waals surface area (Å²) in [6, 6.07) is 45.4. The van der Waals surface area contributed by atoms with Crippen molar-refractivity contribution in [3.63, 3.8) is 0 Å². The molecule has 0 bridgehead atoms. The number of rotatable bonds is 6. The van der Waals surface area contributed by atoms with E-state index in [2.05, 4.69) is 204 Å². The van der Waals surface area contributed by atoms with Gasteiger partial charge in [0, 0.05) is 29.2 Å². The van der Waals surface area contributed by atoms with Gasteiger partial charge in [-0.25, -0.2) is 4.98 Å². The van der Waals surface area contributed by atoms with E-state index in [-0.39, 0.29) is 16.2 Å². The van der Waals surface area contributed by atoms with E-state index in [0.717, 1.165) is 50.0 Å². The summed E-state index contributed by atoms with van der Waals surface area (Å²) in [5.74, 6) is 2.21. The van der Waals surface area contributed by atoms with Crippen LogP contribution in [0.1, 0.15) is 79.0 Å². The SMILES string of the molecule is CC(C)(C)c1cccc(-[n+]2[c-]n(-c3cncc(Oc4ccc5c6cc(-c7ccccc7)ccc6n(-c6cc(C(C)(C)C)ccn6)c5c4)c3)c3cc(C(C)(C)C)ccc32)c1. The Bertz CT molecular complexity index is 3020. The van der Waals surface area contributed by atoms with E-state index in [1.165, 1.54) is 27.8 Å². The van der Waals surface area contributed by atoms with Crippen molar-refractivity contribution in [2.45, 2.75) is 78.6 Å². The van der Waals surface area contributed by atoms with E-state index in [9.17, 15) is 0 Å². The maximum Gasteiger partial charge on any atom is 0.269 e. The van der Waals surface area contributed by atoms with Crippen molar-refractivity contribution in [3.05, 3.63) is 169 Å². The molecule has 6 heteroatoms. The van der Waals surface area contributed by atoms with Crippen molar-refractivity contribution in [3.8, 4) is 39.8 Å². The number of fused-ring (bicyclic) bond motifs is 4. The van der Waals surface area contributed by atoms with Crippen molar-refractivity contribution >= 4 is 32.8 Å². The van der Waals surface area contributed by atoms with E-state index < -0.39 is 0 Å². The van der Waals surface area contributed by atoms with Crippen molar-refractivity contribution in [2.24, 2.45) is 0 Å².